The lowest BCUT2D eigenvalue weighted by Crippen LogP contribution is -2.20. The second kappa shape index (κ2) is 1.70. The zero-order valence-corrected chi connectivity index (χ0v) is 5.53. The number of nitrogens with one attached hydrogen (secondary N) is 1. The zero-order valence-electron chi connectivity index (χ0n) is 4.72. The highest BCUT2D eigenvalue weighted by Gasteiger charge is 2.25. The van der Waals surface area contributed by atoms with Gasteiger partial charge in [0.15, 0.2) is 0 Å². The molecule has 0 aromatic rings. The molecule has 1 aliphatic rings. The summed E-state index contributed by atoms with van der Waals surface area (Å²) < 4.78 is 23.7. The molecule has 0 amide bonds. The number of rotatable bonds is 0. The zero-order chi connectivity index (χ0) is 6.20. The van der Waals surface area contributed by atoms with E-state index < -0.39 is 10.0 Å². The van der Waals surface area contributed by atoms with Crippen molar-refractivity contribution >= 4 is 10.0 Å². The van der Waals surface area contributed by atoms with Gasteiger partial charge in [-0.05, 0) is 13.3 Å². The van der Waals surface area contributed by atoms with Crippen LogP contribution < -0.4 is 4.72 Å². The molecule has 1 saturated heterocycles. The molecule has 0 unspecified atom stereocenters. The first kappa shape index (κ1) is 6.04. The molecule has 8 heavy (non-hydrogen) atoms. The van der Waals surface area contributed by atoms with Crippen LogP contribution in [-0.2, 0) is 10.0 Å². The van der Waals surface area contributed by atoms with Gasteiger partial charge in [-0.2, -0.15) is 0 Å². The molecule has 4 heteroatoms. The molecule has 0 saturated carbocycles. The Labute approximate surface area is 49.1 Å². The molecule has 0 aromatic heterocycles. The van der Waals surface area contributed by atoms with E-state index in [4.69, 9.17) is 0 Å². The molecule has 1 atom stereocenters. The maximum atomic E-state index is 10.7. The summed E-state index contributed by atoms with van der Waals surface area (Å²) in [7, 11) is -2.87. The Kier molecular flexibility index (Phi) is 1.28. The third-order valence-corrected chi connectivity index (χ3v) is 3.29. The monoisotopic (exact) mass is 135 g/mol. The summed E-state index contributed by atoms with van der Waals surface area (Å²) >= 11 is 0. The minimum Gasteiger partial charge on any atom is -0.215 e. The number of hydrogen-bond acceptors (Lipinski definition) is 2. The molecule has 1 N–H and O–H groups in total. The molecule has 0 bridgehead atoms. The van der Waals surface area contributed by atoms with Crippen molar-refractivity contribution in [2.75, 3.05) is 6.54 Å². The third kappa shape index (κ3) is 0.855. The largest absolute Gasteiger partial charge is 0.215 e. The minimum absolute atomic E-state index is 0.178. The van der Waals surface area contributed by atoms with Gasteiger partial charge in [0.25, 0.3) is 0 Å². The Balaban J connectivity index is 2.85. The Hall–Kier alpha value is -0.0900. The first-order valence-corrected chi connectivity index (χ1v) is 4.16. The van der Waals surface area contributed by atoms with E-state index in [1.165, 1.54) is 0 Å². The van der Waals surface area contributed by atoms with E-state index in [1.807, 2.05) is 0 Å². The molecule has 0 radical (unpaired) electrons. The second-order valence-electron chi connectivity index (χ2n) is 2.04. The molecular formula is C4H9NO2S. The lowest BCUT2D eigenvalue weighted by Gasteiger charge is -1.95. The molecule has 0 aromatic carbocycles. The van der Waals surface area contributed by atoms with Crippen LogP contribution in [0, 0.1) is 0 Å². The average Bonchev–Trinajstić information content (AvgIpc) is 1.86. The van der Waals surface area contributed by atoms with Crippen molar-refractivity contribution in [3.8, 4) is 0 Å². The van der Waals surface area contributed by atoms with Crippen molar-refractivity contribution in [1.29, 1.82) is 0 Å². The van der Waals surface area contributed by atoms with Gasteiger partial charge in [0.05, 0.1) is 5.25 Å². The van der Waals surface area contributed by atoms with Crippen LogP contribution in [-0.4, -0.2) is 20.2 Å². The Bertz CT molecular complexity index is 172. The maximum absolute atomic E-state index is 10.7. The molecule has 0 aliphatic carbocycles. The molecule has 48 valence electrons. The molecule has 1 rings (SSSR count). The quantitative estimate of drug-likeness (QED) is 0.495. The topological polar surface area (TPSA) is 46.2 Å². The molecular weight excluding hydrogens is 126 g/mol. The summed E-state index contributed by atoms with van der Waals surface area (Å²) in [5.74, 6) is 0. The van der Waals surface area contributed by atoms with Gasteiger partial charge in [-0.1, -0.05) is 0 Å². The van der Waals surface area contributed by atoms with Crippen LogP contribution >= 0.6 is 0 Å². The number of sulfonamides is 1. The minimum atomic E-state index is -2.87. The van der Waals surface area contributed by atoms with E-state index in [9.17, 15) is 8.42 Å². The van der Waals surface area contributed by atoms with Gasteiger partial charge in [0.1, 0.15) is 0 Å². The lowest BCUT2D eigenvalue weighted by atomic mass is 10.3. The van der Waals surface area contributed by atoms with E-state index in [0.29, 0.717) is 6.54 Å². The van der Waals surface area contributed by atoms with Gasteiger partial charge >= 0.3 is 0 Å². The van der Waals surface area contributed by atoms with Crippen LogP contribution in [0.5, 0.6) is 0 Å². The van der Waals surface area contributed by atoms with Crippen LogP contribution in [0.15, 0.2) is 0 Å². The van der Waals surface area contributed by atoms with Gasteiger partial charge in [-0.3, -0.25) is 0 Å². The Morgan fingerprint density at radius 1 is 1.62 bits per heavy atom. The normalized spacial score (nSPS) is 35.4. The first-order valence-electron chi connectivity index (χ1n) is 2.61. The highest BCUT2D eigenvalue weighted by Crippen LogP contribution is 2.08. The standard InChI is InChI=1S/C4H9NO2S/c1-4-2-3-5-8(4,6)7/h4-5H,2-3H2,1H3/t4-/m0/s1. The van der Waals surface area contributed by atoms with Crippen LogP contribution in [0.3, 0.4) is 0 Å². The van der Waals surface area contributed by atoms with Crippen molar-refractivity contribution in [1.82, 2.24) is 4.72 Å². The predicted molar refractivity (Wildman–Crippen MR) is 31.0 cm³/mol. The van der Waals surface area contributed by atoms with Crippen LogP contribution in [0.2, 0.25) is 0 Å². The number of hydrogen-bond donors (Lipinski definition) is 1. The second-order valence-corrected chi connectivity index (χ2v) is 4.22. The van der Waals surface area contributed by atoms with Crippen LogP contribution in [0.4, 0.5) is 0 Å². The predicted octanol–water partition coefficient (Wildman–Crippen LogP) is -0.302. The summed E-state index contributed by atoms with van der Waals surface area (Å²) in [5.41, 5.74) is 0. The summed E-state index contributed by atoms with van der Waals surface area (Å²) in [6, 6.07) is 0. The van der Waals surface area contributed by atoms with Gasteiger partial charge in [-0.15, -0.1) is 0 Å². The highest BCUT2D eigenvalue weighted by atomic mass is 32.2. The average molecular weight is 135 g/mol. The maximum Gasteiger partial charge on any atom is 0.214 e. The molecule has 3 nitrogen and oxygen atoms in total. The van der Waals surface area contributed by atoms with Crippen LogP contribution in [0.1, 0.15) is 13.3 Å². The Morgan fingerprint density at radius 2 is 2.25 bits per heavy atom. The van der Waals surface area contributed by atoms with Crippen molar-refractivity contribution < 1.29 is 8.42 Å². The fraction of sp³-hybridized carbons (Fsp3) is 1.00. The fourth-order valence-corrected chi connectivity index (χ4v) is 1.82. The van der Waals surface area contributed by atoms with E-state index in [2.05, 4.69) is 4.72 Å². The van der Waals surface area contributed by atoms with Crippen molar-refractivity contribution in [3.63, 3.8) is 0 Å². The van der Waals surface area contributed by atoms with Gasteiger partial charge in [0, 0.05) is 6.54 Å². The van der Waals surface area contributed by atoms with Crippen molar-refractivity contribution in [2.24, 2.45) is 0 Å². The van der Waals surface area contributed by atoms with Gasteiger partial charge < -0.3 is 0 Å². The highest BCUT2D eigenvalue weighted by molar-refractivity contribution is 7.90. The van der Waals surface area contributed by atoms with Gasteiger partial charge in [-0.25, -0.2) is 13.1 Å². The van der Waals surface area contributed by atoms with Crippen LogP contribution in [0.25, 0.3) is 0 Å². The van der Waals surface area contributed by atoms with E-state index in [1.54, 1.807) is 6.92 Å². The SMILES string of the molecule is C[C@H]1CCNS1(=O)=O. The summed E-state index contributed by atoms with van der Waals surface area (Å²) in [6.07, 6.45) is 0.752. The van der Waals surface area contributed by atoms with E-state index >= 15 is 0 Å². The molecule has 1 aliphatic heterocycles. The van der Waals surface area contributed by atoms with E-state index in [0.717, 1.165) is 6.42 Å². The molecule has 1 fully saturated rings. The first-order chi connectivity index (χ1) is 3.63. The lowest BCUT2D eigenvalue weighted by molar-refractivity contribution is 0.587. The van der Waals surface area contributed by atoms with Gasteiger partial charge in [0.2, 0.25) is 10.0 Å². The smallest absolute Gasteiger partial charge is 0.214 e. The summed E-state index contributed by atoms with van der Waals surface area (Å²) in [6.45, 7) is 2.33. The van der Waals surface area contributed by atoms with E-state index in [-0.39, 0.29) is 5.25 Å². The third-order valence-electron chi connectivity index (χ3n) is 1.38. The van der Waals surface area contributed by atoms with Crippen molar-refractivity contribution in [2.45, 2.75) is 18.6 Å². The van der Waals surface area contributed by atoms with Crippen molar-refractivity contribution in [3.05, 3.63) is 0 Å². The molecule has 0 spiro atoms. The Morgan fingerprint density at radius 3 is 2.38 bits per heavy atom. The molecule has 1 heterocycles. The fourth-order valence-electron chi connectivity index (χ4n) is 0.702. The summed E-state index contributed by atoms with van der Waals surface area (Å²) in [4.78, 5) is 0. The summed E-state index contributed by atoms with van der Waals surface area (Å²) in [5, 5.41) is -0.178.